The van der Waals surface area contributed by atoms with E-state index in [1.54, 1.807) is 13.8 Å². The molecule has 0 aromatic rings. The SMILES string of the molecule is CCCOCCC(=O)NCC(C)(C)O. The first-order valence-corrected chi connectivity index (χ1v) is 5.02. The predicted molar refractivity (Wildman–Crippen MR) is 55.0 cm³/mol. The van der Waals surface area contributed by atoms with Crippen molar-refractivity contribution in [3.05, 3.63) is 0 Å². The zero-order valence-electron chi connectivity index (χ0n) is 9.30. The van der Waals surface area contributed by atoms with Gasteiger partial charge in [-0.2, -0.15) is 0 Å². The van der Waals surface area contributed by atoms with Gasteiger partial charge in [0.1, 0.15) is 0 Å². The van der Waals surface area contributed by atoms with E-state index in [-0.39, 0.29) is 12.5 Å². The third-order valence-electron chi connectivity index (χ3n) is 1.54. The minimum atomic E-state index is -0.847. The Morgan fingerprint density at radius 1 is 1.43 bits per heavy atom. The van der Waals surface area contributed by atoms with Crippen LogP contribution in [0.5, 0.6) is 0 Å². The molecule has 4 heteroatoms. The Morgan fingerprint density at radius 2 is 2.07 bits per heavy atom. The summed E-state index contributed by atoms with van der Waals surface area (Å²) in [5, 5.41) is 12.0. The van der Waals surface area contributed by atoms with Crippen LogP contribution < -0.4 is 5.32 Å². The van der Waals surface area contributed by atoms with Gasteiger partial charge >= 0.3 is 0 Å². The summed E-state index contributed by atoms with van der Waals surface area (Å²) in [6.07, 6.45) is 1.32. The van der Waals surface area contributed by atoms with E-state index in [2.05, 4.69) is 5.32 Å². The second-order valence-electron chi connectivity index (χ2n) is 3.95. The van der Waals surface area contributed by atoms with Crippen LogP contribution in [0.25, 0.3) is 0 Å². The molecule has 1 amide bonds. The summed E-state index contributed by atoms with van der Waals surface area (Å²) in [6, 6.07) is 0. The molecule has 2 N–H and O–H groups in total. The van der Waals surface area contributed by atoms with Crippen molar-refractivity contribution < 1.29 is 14.6 Å². The summed E-state index contributed by atoms with van der Waals surface area (Å²) in [6.45, 7) is 6.75. The highest BCUT2D eigenvalue weighted by Gasteiger charge is 2.13. The maximum atomic E-state index is 11.2. The lowest BCUT2D eigenvalue weighted by Crippen LogP contribution is -2.38. The molecule has 84 valence electrons. The third-order valence-corrected chi connectivity index (χ3v) is 1.54. The Hall–Kier alpha value is -0.610. The van der Waals surface area contributed by atoms with Gasteiger partial charge in [-0.25, -0.2) is 0 Å². The van der Waals surface area contributed by atoms with E-state index >= 15 is 0 Å². The summed E-state index contributed by atoms with van der Waals surface area (Å²) >= 11 is 0. The number of carbonyl (C=O) groups is 1. The molecule has 0 aliphatic rings. The maximum absolute atomic E-state index is 11.2. The fourth-order valence-corrected chi connectivity index (χ4v) is 0.815. The average Bonchev–Trinajstić information content (AvgIpc) is 2.08. The predicted octanol–water partition coefficient (Wildman–Crippen LogP) is 0.690. The molecule has 0 aromatic heterocycles. The normalized spacial score (nSPS) is 11.4. The minimum absolute atomic E-state index is 0.0803. The maximum Gasteiger partial charge on any atom is 0.222 e. The van der Waals surface area contributed by atoms with Crippen molar-refractivity contribution in [3.8, 4) is 0 Å². The molecule has 0 saturated heterocycles. The molecule has 4 nitrogen and oxygen atoms in total. The number of amides is 1. The van der Waals surface area contributed by atoms with E-state index in [1.807, 2.05) is 6.92 Å². The highest BCUT2D eigenvalue weighted by atomic mass is 16.5. The van der Waals surface area contributed by atoms with Crippen LogP contribution >= 0.6 is 0 Å². The van der Waals surface area contributed by atoms with Gasteiger partial charge in [-0.3, -0.25) is 4.79 Å². The zero-order chi connectivity index (χ0) is 11.0. The first kappa shape index (κ1) is 13.4. The third kappa shape index (κ3) is 9.48. The van der Waals surface area contributed by atoms with Crippen LogP contribution in [-0.2, 0) is 9.53 Å². The van der Waals surface area contributed by atoms with Gasteiger partial charge in [-0.1, -0.05) is 6.92 Å². The molecule has 0 atom stereocenters. The quantitative estimate of drug-likeness (QED) is 0.598. The van der Waals surface area contributed by atoms with Crippen molar-refractivity contribution in [1.29, 1.82) is 0 Å². The molecule has 0 aliphatic carbocycles. The van der Waals surface area contributed by atoms with E-state index < -0.39 is 5.60 Å². The van der Waals surface area contributed by atoms with Crippen LogP contribution in [0, 0.1) is 0 Å². The van der Waals surface area contributed by atoms with Crippen molar-refractivity contribution in [2.75, 3.05) is 19.8 Å². The summed E-state index contributed by atoms with van der Waals surface area (Å²) in [7, 11) is 0. The van der Waals surface area contributed by atoms with Gasteiger partial charge in [0.15, 0.2) is 0 Å². The van der Waals surface area contributed by atoms with Gasteiger partial charge in [0, 0.05) is 19.6 Å². The van der Waals surface area contributed by atoms with Crippen LogP contribution in [-0.4, -0.2) is 36.4 Å². The van der Waals surface area contributed by atoms with Crippen LogP contribution in [0.2, 0.25) is 0 Å². The van der Waals surface area contributed by atoms with Crippen molar-refractivity contribution >= 4 is 5.91 Å². The summed E-state index contributed by atoms with van der Waals surface area (Å²) in [5.41, 5.74) is -0.847. The van der Waals surface area contributed by atoms with Crippen molar-refractivity contribution in [1.82, 2.24) is 5.32 Å². The molecule has 14 heavy (non-hydrogen) atoms. The van der Waals surface area contributed by atoms with E-state index in [9.17, 15) is 9.90 Å². The molecule has 0 radical (unpaired) electrons. The molecule has 0 aliphatic heterocycles. The van der Waals surface area contributed by atoms with Crippen molar-refractivity contribution in [2.45, 2.75) is 39.2 Å². The molecule has 0 fully saturated rings. The van der Waals surface area contributed by atoms with Gasteiger partial charge in [-0.05, 0) is 20.3 Å². The first-order chi connectivity index (χ1) is 6.45. The minimum Gasteiger partial charge on any atom is -0.389 e. The molecule has 0 spiro atoms. The molecule has 0 unspecified atom stereocenters. The Bertz CT molecular complexity index is 163. The monoisotopic (exact) mass is 203 g/mol. The summed E-state index contributed by atoms with van der Waals surface area (Å²) in [5.74, 6) is -0.0803. The number of ether oxygens (including phenoxy) is 1. The lowest BCUT2D eigenvalue weighted by atomic mass is 10.1. The molecule has 0 rings (SSSR count). The van der Waals surface area contributed by atoms with Crippen molar-refractivity contribution in [2.24, 2.45) is 0 Å². The topological polar surface area (TPSA) is 58.6 Å². The Kier molecular flexibility index (Phi) is 6.49. The lowest BCUT2D eigenvalue weighted by molar-refractivity contribution is -0.123. The van der Waals surface area contributed by atoms with Gasteiger partial charge in [0.25, 0.3) is 0 Å². The highest BCUT2D eigenvalue weighted by molar-refractivity contribution is 5.76. The summed E-state index contributed by atoms with van der Waals surface area (Å²) in [4.78, 5) is 11.2. The second-order valence-corrected chi connectivity index (χ2v) is 3.95. The fourth-order valence-electron chi connectivity index (χ4n) is 0.815. The largest absolute Gasteiger partial charge is 0.389 e. The fraction of sp³-hybridized carbons (Fsp3) is 0.900. The molecule has 0 heterocycles. The smallest absolute Gasteiger partial charge is 0.222 e. The second kappa shape index (κ2) is 6.79. The average molecular weight is 203 g/mol. The summed E-state index contributed by atoms with van der Waals surface area (Å²) < 4.78 is 5.16. The van der Waals surface area contributed by atoms with Gasteiger partial charge in [-0.15, -0.1) is 0 Å². The molecule has 0 bridgehead atoms. The van der Waals surface area contributed by atoms with E-state index in [4.69, 9.17) is 4.74 Å². The number of carbonyl (C=O) groups excluding carboxylic acids is 1. The number of rotatable bonds is 7. The van der Waals surface area contributed by atoms with E-state index in [0.717, 1.165) is 6.42 Å². The van der Waals surface area contributed by atoms with Gasteiger partial charge in [0.05, 0.1) is 12.2 Å². The Balaban J connectivity index is 3.38. The molecule has 0 saturated carbocycles. The van der Waals surface area contributed by atoms with Crippen LogP contribution in [0.3, 0.4) is 0 Å². The zero-order valence-corrected chi connectivity index (χ0v) is 9.30. The first-order valence-electron chi connectivity index (χ1n) is 5.02. The Labute approximate surface area is 85.6 Å². The van der Waals surface area contributed by atoms with Crippen LogP contribution in [0.1, 0.15) is 33.6 Å². The Morgan fingerprint density at radius 3 is 2.57 bits per heavy atom. The lowest BCUT2D eigenvalue weighted by Gasteiger charge is -2.17. The van der Waals surface area contributed by atoms with Crippen LogP contribution in [0.15, 0.2) is 0 Å². The van der Waals surface area contributed by atoms with E-state index in [1.165, 1.54) is 0 Å². The molecule has 0 aromatic carbocycles. The van der Waals surface area contributed by atoms with Crippen molar-refractivity contribution in [3.63, 3.8) is 0 Å². The number of hydrogen-bond donors (Lipinski definition) is 2. The number of nitrogens with one attached hydrogen (secondary N) is 1. The van der Waals surface area contributed by atoms with Gasteiger partial charge in [0.2, 0.25) is 5.91 Å². The number of aliphatic hydroxyl groups is 1. The van der Waals surface area contributed by atoms with Gasteiger partial charge < -0.3 is 15.2 Å². The van der Waals surface area contributed by atoms with E-state index in [0.29, 0.717) is 19.6 Å². The van der Waals surface area contributed by atoms with Crippen LogP contribution in [0.4, 0.5) is 0 Å². The number of hydrogen-bond acceptors (Lipinski definition) is 3. The molecular formula is C10H21NO3. The molecular weight excluding hydrogens is 182 g/mol. The highest BCUT2D eigenvalue weighted by Crippen LogP contribution is 1.97. The standard InChI is InChI=1S/C10H21NO3/c1-4-6-14-7-5-9(12)11-8-10(2,3)13/h13H,4-8H2,1-3H3,(H,11,12).